The third kappa shape index (κ3) is 6.07. The van der Waals surface area contributed by atoms with Gasteiger partial charge in [-0.05, 0) is 49.4 Å². The molecule has 7 nitrogen and oxygen atoms in total. The highest BCUT2D eigenvalue weighted by molar-refractivity contribution is 7.10. The van der Waals surface area contributed by atoms with Crippen molar-refractivity contribution in [3.63, 3.8) is 0 Å². The van der Waals surface area contributed by atoms with Crippen LogP contribution in [0, 0.1) is 0 Å². The lowest BCUT2D eigenvalue weighted by atomic mass is 9.94. The van der Waals surface area contributed by atoms with Crippen molar-refractivity contribution in [2.24, 2.45) is 0 Å². The van der Waals surface area contributed by atoms with E-state index < -0.39 is 6.04 Å². The SMILES string of the molecule is COc1cccc(C(C(=O)NC2CCCCC2)N(C(=O)Cc2cccs2)c2ccccc2C(C)=O)c1OC. The van der Waals surface area contributed by atoms with Gasteiger partial charge in [0.2, 0.25) is 11.8 Å². The zero-order chi connectivity index (χ0) is 27.1. The number of carbonyl (C=O) groups excluding carboxylic acids is 3. The van der Waals surface area contributed by atoms with Gasteiger partial charge in [0.15, 0.2) is 17.3 Å². The number of para-hydroxylation sites is 2. The first-order chi connectivity index (χ1) is 18.4. The Balaban J connectivity index is 1.90. The number of anilines is 1. The Kier molecular flexibility index (Phi) is 9.18. The van der Waals surface area contributed by atoms with E-state index in [9.17, 15) is 14.4 Å². The standard InChI is InChI=1S/C30H34N2O5S/c1-20(33)23-14-7-8-16-25(23)32(27(34)19-22-13-10-18-38-22)28(30(35)31-21-11-5-4-6-12-21)24-15-9-17-26(36-2)29(24)37-3/h7-10,13-18,21,28H,4-6,11-12,19H2,1-3H3,(H,31,35). The molecule has 0 spiro atoms. The molecule has 1 aromatic heterocycles. The number of nitrogens with one attached hydrogen (secondary N) is 1. The van der Waals surface area contributed by atoms with E-state index in [1.807, 2.05) is 17.5 Å². The average Bonchev–Trinajstić information content (AvgIpc) is 3.44. The van der Waals surface area contributed by atoms with Gasteiger partial charge >= 0.3 is 0 Å². The molecule has 0 saturated heterocycles. The first-order valence-corrected chi connectivity index (χ1v) is 13.8. The van der Waals surface area contributed by atoms with Crippen LogP contribution in [-0.2, 0) is 16.0 Å². The monoisotopic (exact) mass is 534 g/mol. The normalized spacial score (nSPS) is 14.4. The smallest absolute Gasteiger partial charge is 0.248 e. The lowest BCUT2D eigenvalue weighted by Crippen LogP contribution is -2.48. The number of rotatable bonds is 10. The number of amides is 2. The maximum atomic E-state index is 14.2. The van der Waals surface area contributed by atoms with Gasteiger partial charge in [-0.2, -0.15) is 0 Å². The minimum Gasteiger partial charge on any atom is -0.493 e. The number of ketones is 1. The maximum Gasteiger partial charge on any atom is 0.248 e. The van der Waals surface area contributed by atoms with Crippen molar-refractivity contribution in [1.29, 1.82) is 0 Å². The van der Waals surface area contributed by atoms with Crippen molar-refractivity contribution in [3.8, 4) is 11.5 Å². The fourth-order valence-electron chi connectivity index (χ4n) is 5.10. The zero-order valence-electron chi connectivity index (χ0n) is 22.1. The number of methoxy groups -OCH3 is 2. The van der Waals surface area contributed by atoms with E-state index in [4.69, 9.17) is 9.47 Å². The molecule has 1 aliphatic rings. The molecule has 4 rings (SSSR count). The molecule has 0 aliphatic heterocycles. The number of hydrogen-bond donors (Lipinski definition) is 1. The maximum absolute atomic E-state index is 14.2. The molecule has 8 heteroatoms. The number of nitrogens with zero attached hydrogens (tertiary/aromatic N) is 1. The van der Waals surface area contributed by atoms with Crippen LogP contribution < -0.4 is 19.7 Å². The summed E-state index contributed by atoms with van der Waals surface area (Å²) >= 11 is 1.47. The third-order valence-electron chi connectivity index (χ3n) is 6.90. The fourth-order valence-corrected chi connectivity index (χ4v) is 5.79. The summed E-state index contributed by atoms with van der Waals surface area (Å²) in [6.45, 7) is 1.46. The van der Waals surface area contributed by atoms with Crippen LogP contribution in [0.4, 0.5) is 5.69 Å². The van der Waals surface area contributed by atoms with Gasteiger partial charge in [0.1, 0.15) is 6.04 Å². The van der Waals surface area contributed by atoms with E-state index in [-0.39, 0.29) is 30.1 Å². The molecule has 1 N–H and O–H groups in total. The van der Waals surface area contributed by atoms with E-state index in [0.717, 1.165) is 37.0 Å². The molecule has 2 amide bonds. The number of Topliss-reactive ketones (excluding diaryl/α,β-unsaturated/α-hetero) is 1. The van der Waals surface area contributed by atoms with Gasteiger partial charge in [0.25, 0.3) is 0 Å². The second-order valence-corrected chi connectivity index (χ2v) is 10.5. The number of ether oxygens (including phenoxy) is 2. The Hall–Kier alpha value is -3.65. The molecule has 38 heavy (non-hydrogen) atoms. The average molecular weight is 535 g/mol. The van der Waals surface area contributed by atoms with Crippen LogP contribution in [0.5, 0.6) is 11.5 Å². The molecule has 1 fully saturated rings. The fraction of sp³-hybridized carbons (Fsp3) is 0.367. The van der Waals surface area contributed by atoms with Crippen LogP contribution in [0.1, 0.15) is 65.9 Å². The van der Waals surface area contributed by atoms with Gasteiger partial charge in [0, 0.05) is 22.0 Å². The van der Waals surface area contributed by atoms with E-state index in [0.29, 0.717) is 28.3 Å². The number of carbonyl (C=O) groups is 3. The predicted molar refractivity (Wildman–Crippen MR) is 149 cm³/mol. The third-order valence-corrected chi connectivity index (χ3v) is 7.78. The molecule has 1 saturated carbocycles. The summed E-state index contributed by atoms with van der Waals surface area (Å²) in [5.41, 5.74) is 1.23. The minimum absolute atomic E-state index is 0.0210. The van der Waals surface area contributed by atoms with Crippen molar-refractivity contribution in [2.45, 2.75) is 57.5 Å². The van der Waals surface area contributed by atoms with Gasteiger partial charge in [-0.1, -0.05) is 49.6 Å². The molecule has 1 heterocycles. The molecular formula is C30H34N2O5S. The largest absolute Gasteiger partial charge is 0.493 e. The highest BCUT2D eigenvalue weighted by Crippen LogP contribution is 2.40. The molecule has 1 unspecified atom stereocenters. The van der Waals surface area contributed by atoms with E-state index in [1.54, 1.807) is 42.5 Å². The molecule has 0 radical (unpaired) electrons. The summed E-state index contributed by atoms with van der Waals surface area (Å²) in [6.07, 6.45) is 5.11. The topological polar surface area (TPSA) is 84.9 Å². The second-order valence-electron chi connectivity index (χ2n) is 9.42. The molecule has 3 aromatic rings. The summed E-state index contributed by atoms with van der Waals surface area (Å²) < 4.78 is 11.3. The Bertz CT molecular complexity index is 1270. The molecule has 2 aromatic carbocycles. The Labute approximate surface area is 227 Å². The number of benzene rings is 2. The summed E-state index contributed by atoms with van der Waals surface area (Å²) in [5, 5.41) is 5.12. The minimum atomic E-state index is -1.09. The van der Waals surface area contributed by atoms with E-state index in [2.05, 4.69) is 5.32 Å². The summed E-state index contributed by atoms with van der Waals surface area (Å²) in [6, 6.07) is 14.9. The van der Waals surface area contributed by atoms with Crippen LogP contribution in [0.3, 0.4) is 0 Å². The van der Waals surface area contributed by atoms with Crippen LogP contribution in [0.2, 0.25) is 0 Å². The van der Waals surface area contributed by atoms with Crippen molar-refractivity contribution >= 4 is 34.6 Å². The van der Waals surface area contributed by atoms with Gasteiger partial charge in [0.05, 0.1) is 26.3 Å². The molecule has 1 aliphatic carbocycles. The molecule has 200 valence electrons. The molecule has 0 bridgehead atoms. The van der Waals surface area contributed by atoms with Crippen molar-refractivity contribution in [2.75, 3.05) is 19.1 Å². The quantitative estimate of drug-likeness (QED) is 0.336. The van der Waals surface area contributed by atoms with Crippen LogP contribution >= 0.6 is 11.3 Å². The van der Waals surface area contributed by atoms with Crippen molar-refractivity contribution < 1.29 is 23.9 Å². The molecule has 1 atom stereocenters. The van der Waals surface area contributed by atoms with E-state index >= 15 is 0 Å². The lowest BCUT2D eigenvalue weighted by Gasteiger charge is -2.35. The predicted octanol–water partition coefficient (Wildman–Crippen LogP) is 5.73. The van der Waals surface area contributed by atoms with Gasteiger partial charge in [-0.25, -0.2) is 0 Å². The van der Waals surface area contributed by atoms with Gasteiger partial charge < -0.3 is 14.8 Å². The Morgan fingerprint density at radius 3 is 2.39 bits per heavy atom. The van der Waals surface area contributed by atoms with Crippen molar-refractivity contribution in [3.05, 3.63) is 76.0 Å². The number of hydrogen-bond acceptors (Lipinski definition) is 6. The summed E-state index contributed by atoms with van der Waals surface area (Å²) in [5.74, 6) is 0.00808. The second kappa shape index (κ2) is 12.7. The van der Waals surface area contributed by atoms with Crippen LogP contribution in [-0.4, -0.2) is 37.9 Å². The summed E-state index contributed by atoms with van der Waals surface area (Å²) in [4.78, 5) is 43.3. The van der Waals surface area contributed by atoms with Gasteiger partial charge in [-0.15, -0.1) is 11.3 Å². The highest BCUT2D eigenvalue weighted by Gasteiger charge is 2.38. The molecular weight excluding hydrogens is 500 g/mol. The zero-order valence-corrected chi connectivity index (χ0v) is 22.9. The Morgan fingerprint density at radius 1 is 0.974 bits per heavy atom. The van der Waals surface area contributed by atoms with Crippen molar-refractivity contribution in [1.82, 2.24) is 5.32 Å². The van der Waals surface area contributed by atoms with E-state index in [1.165, 1.54) is 37.4 Å². The first kappa shape index (κ1) is 27.4. The lowest BCUT2D eigenvalue weighted by molar-refractivity contribution is -0.127. The van der Waals surface area contributed by atoms with Crippen LogP contribution in [0.25, 0.3) is 0 Å². The van der Waals surface area contributed by atoms with Crippen LogP contribution in [0.15, 0.2) is 60.0 Å². The summed E-state index contributed by atoms with van der Waals surface area (Å²) in [7, 11) is 3.04. The Morgan fingerprint density at radius 2 is 1.74 bits per heavy atom. The highest BCUT2D eigenvalue weighted by atomic mass is 32.1. The number of thiophene rings is 1. The first-order valence-electron chi connectivity index (χ1n) is 12.9. The van der Waals surface area contributed by atoms with Gasteiger partial charge in [-0.3, -0.25) is 19.3 Å².